The van der Waals surface area contributed by atoms with E-state index in [4.69, 9.17) is 11.6 Å². The number of rotatable bonds is 4. The molecule has 2 aromatic heterocycles. The summed E-state index contributed by atoms with van der Waals surface area (Å²) in [7, 11) is 0. The first kappa shape index (κ1) is 17.0. The maximum absolute atomic E-state index is 10.3. The van der Waals surface area contributed by atoms with E-state index in [1.54, 1.807) is 30.5 Å². The predicted octanol–water partition coefficient (Wildman–Crippen LogP) is 4.84. The number of nitrogens with zero attached hydrogens (tertiary/aromatic N) is 3. The fourth-order valence-corrected chi connectivity index (χ4v) is 3.19. The molecule has 5 nitrogen and oxygen atoms in total. The highest BCUT2D eigenvalue weighted by Gasteiger charge is 2.17. The lowest BCUT2D eigenvalue weighted by molar-refractivity contribution is 0.477. The summed E-state index contributed by atoms with van der Waals surface area (Å²) in [6, 6.07) is 20.3. The van der Waals surface area contributed by atoms with Gasteiger partial charge < -0.3 is 10.4 Å². The van der Waals surface area contributed by atoms with Crippen LogP contribution < -0.4 is 5.32 Å². The largest absolute Gasteiger partial charge is 0.507 e. The maximum Gasteiger partial charge on any atom is 0.139 e. The van der Waals surface area contributed by atoms with E-state index in [2.05, 4.69) is 16.4 Å². The second-order valence-corrected chi connectivity index (χ2v) is 6.50. The third-order valence-corrected chi connectivity index (χ3v) is 4.49. The monoisotopic (exact) mass is 374 g/mol. The summed E-state index contributed by atoms with van der Waals surface area (Å²) in [5.74, 6) is 0.843. The van der Waals surface area contributed by atoms with Crippen LogP contribution in [0.4, 0.5) is 5.82 Å². The Labute approximate surface area is 161 Å². The number of hydrogen-bond donors (Lipinski definition) is 2. The summed E-state index contributed by atoms with van der Waals surface area (Å²) in [5, 5.41) is 23.6. The average Bonchev–Trinajstić information content (AvgIpc) is 3.04. The van der Waals surface area contributed by atoms with Crippen LogP contribution >= 0.6 is 11.6 Å². The molecule has 0 aliphatic rings. The lowest BCUT2D eigenvalue weighted by atomic mass is 10.1. The Morgan fingerprint density at radius 1 is 1.11 bits per heavy atom. The Hall–Kier alpha value is -3.49. The molecule has 27 heavy (non-hydrogen) atoms. The quantitative estimate of drug-likeness (QED) is 0.535. The third kappa shape index (κ3) is 3.31. The minimum absolute atomic E-state index is 0.146. The summed E-state index contributed by atoms with van der Waals surface area (Å²) in [5.41, 5.74) is 3.45. The first-order valence-corrected chi connectivity index (χ1v) is 8.72. The number of para-hydroxylation sites is 1. The van der Waals surface area contributed by atoms with Crippen molar-refractivity contribution >= 4 is 23.1 Å². The van der Waals surface area contributed by atoms with E-state index >= 15 is 0 Å². The van der Waals surface area contributed by atoms with Crippen molar-refractivity contribution in [2.75, 3.05) is 5.32 Å². The number of nitriles is 1. The zero-order chi connectivity index (χ0) is 18.8. The van der Waals surface area contributed by atoms with Gasteiger partial charge in [-0.2, -0.15) is 5.26 Å². The van der Waals surface area contributed by atoms with Crippen molar-refractivity contribution < 1.29 is 5.11 Å². The number of hydrogen-bond acceptors (Lipinski definition) is 4. The van der Waals surface area contributed by atoms with Crippen LogP contribution in [0.15, 0.2) is 66.9 Å². The summed E-state index contributed by atoms with van der Waals surface area (Å²) >= 11 is 6.07. The SMILES string of the molecule is N#Cc1ccc2nc(-c3ccccc3O)c(NCc3cccc(Cl)c3)n2c1. The number of halogens is 1. The van der Waals surface area contributed by atoms with E-state index in [-0.39, 0.29) is 5.75 Å². The first-order valence-electron chi connectivity index (χ1n) is 8.34. The van der Waals surface area contributed by atoms with Gasteiger partial charge >= 0.3 is 0 Å². The van der Waals surface area contributed by atoms with E-state index in [1.807, 2.05) is 40.8 Å². The van der Waals surface area contributed by atoms with Crippen LogP contribution in [-0.2, 0) is 6.54 Å². The fraction of sp³-hybridized carbons (Fsp3) is 0.0476. The van der Waals surface area contributed by atoms with Gasteiger partial charge in [-0.3, -0.25) is 4.40 Å². The molecule has 0 spiro atoms. The second-order valence-electron chi connectivity index (χ2n) is 6.07. The second kappa shape index (κ2) is 7.02. The number of imidazole rings is 1. The Kier molecular flexibility index (Phi) is 4.41. The van der Waals surface area contributed by atoms with E-state index in [0.29, 0.717) is 39.9 Å². The third-order valence-electron chi connectivity index (χ3n) is 4.26. The summed E-state index contributed by atoms with van der Waals surface area (Å²) in [6.07, 6.45) is 1.73. The van der Waals surface area contributed by atoms with Crippen molar-refractivity contribution in [2.24, 2.45) is 0 Å². The molecule has 2 N–H and O–H groups in total. The van der Waals surface area contributed by atoms with Gasteiger partial charge in [0.2, 0.25) is 0 Å². The number of pyridine rings is 1. The smallest absolute Gasteiger partial charge is 0.139 e. The zero-order valence-corrected chi connectivity index (χ0v) is 15.0. The van der Waals surface area contributed by atoms with Crippen LogP contribution in [0.5, 0.6) is 5.75 Å². The van der Waals surface area contributed by atoms with Crippen LogP contribution in [0.3, 0.4) is 0 Å². The molecule has 2 heterocycles. The topological polar surface area (TPSA) is 73.3 Å². The van der Waals surface area contributed by atoms with Gasteiger partial charge in [-0.1, -0.05) is 35.9 Å². The van der Waals surface area contributed by atoms with Crippen molar-refractivity contribution in [1.29, 1.82) is 5.26 Å². The van der Waals surface area contributed by atoms with Crippen molar-refractivity contribution in [3.8, 4) is 23.1 Å². The van der Waals surface area contributed by atoms with Gasteiger partial charge in [0.15, 0.2) is 0 Å². The Morgan fingerprint density at radius 2 is 1.96 bits per heavy atom. The molecule has 0 atom stereocenters. The molecule has 0 saturated heterocycles. The van der Waals surface area contributed by atoms with Crippen LogP contribution in [0.2, 0.25) is 5.02 Å². The highest BCUT2D eigenvalue weighted by molar-refractivity contribution is 6.30. The molecule has 0 saturated carbocycles. The molecule has 0 bridgehead atoms. The van der Waals surface area contributed by atoms with Crippen LogP contribution in [-0.4, -0.2) is 14.5 Å². The van der Waals surface area contributed by atoms with Gasteiger partial charge in [0.05, 0.1) is 5.56 Å². The van der Waals surface area contributed by atoms with Gasteiger partial charge in [-0.15, -0.1) is 0 Å². The van der Waals surface area contributed by atoms with Gasteiger partial charge in [0, 0.05) is 23.3 Å². The number of aromatic hydroxyl groups is 1. The molecule has 2 aromatic carbocycles. The van der Waals surface area contributed by atoms with Gasteiger partial charge in [0.1, 0.15) is 29.0 Å². The number of phenolic OH excluding ortho intramolecular Hbond substituents is 1. The van der Waals surface area contributed by atoms with Crippen LogP contribution in [0.1, 0.15) is 11.1 Å². The van der Waals surface area contributed by atoms with E-state index in [1.165, 1.54) is 0 Å². The first-order chi connectivity index (χ1) is 13.2. The molecule has 0 fully saturated rings. The average molecular weight is 375 g/mol. The number of nitrogens with one attached hydrogen (secondary N) is 1. The van der Waals surface area contributed by atoms with E-state index in [9.17, 15) is 10.4 Å². The molecule has 0 aliphatic carbocycles. The summed E-state index contributed by atoms with van der Waals surface area (Å²) in [6.45, 7) is 0.520. The van der Waals surface area contributed by atoms with Crippen LogP contribution in [0.25, 0.3) is 16.9 Å². The Morgan fingerprint density at radius 3 is 2.74 bits per heavy atom. The number of anilines is 1. The molecule has 132 valence electrons. The number of phenols is 1. The highest BCUT2D eigenvalue weighted by atomic mass is 35.5. The lowest BCUT2D eigenvalue weighted by Crippen LogP contribution is -2.03. The van der Waals surface area contributed by atoms with Gasteiger partial charge in [-0.05, 0) is 42.0 Å². The summed E-state index contributed by atoms with van der Waals surface area (Å²) < 4.78 is 1.82. The minimum atomic E-state index is 0.146. The molecule has 0 amide bonds. The molecule has 4 aromatic rings. The molecule has 0 unspecified atom stereocenters. The number of aromatic nitrogens is 2. The van der Waals surface area contributed by atoms with Crippen molar-refractivity contribution in [2.45, 2.75) is 6.54 Å². The van der Waals surface area contributed by atoms with E-state index in [0.717, 1.165) is 5.56 Å². The van der Waals surface area contributed by atoms with Crippen molar-refractivity contribution in [1.82, 2.24) is 9.38 Å². The van der Waals surface area contributed by atoms with Crippen LogP contribution in [0, 0.1) is 11.3 Å². The Bertz CT molecular complexity index is 1180. The normalized spacial score (nSPS) is 10.7. The lowest BCUT2D eigenvalue weighted by Gasteiger charge is -2.10. The molecule has 4 rings (SSSR count). The Balaban J connectivity index is 1.83. The molecule has 0 aliphatic heterocycles. The maximum atomic E-state index is 10.3. The standard InChI is InChI=1S/C21H15ClN4O/c22-16-5-3-4-14(10-16)12-24-21-20(17-6-1-2-7-18(17)27)25-19-9-8-15(11-23)13-26(19)21/h1-10,13,24,27H,12H2. The number of benzene rings is 2. The fourth-order valence-electron chi connectivity index (χ4n) is 2.97. The highest BCUT2D eigenvalue weighted by Crippen LogP contribution is 2.34. The summed E-state index contributed by atoms with van der Waals surface area (Å²) in [4.78, 5) is 4.65. The van der Waals surface area contributed by atoms with E-state index < -0.39 is 0 Å². The molecule has 0 radical (unpaired) electrons. The molecular formula is C21H15ClN4O. The minimum Gasteiger partial charge on any atom is -0.507 e. The number of fused-ring (bicyclic) bond motifs is 1. The predicted molar refractivity (Wildman–Crippen MR) is 106 cm³/mol. The van der Waals surface area contributed by atoms with Gasteiger partial charge in [0.25, 0.3) is 0 Å². The zero-order valence-electron chi connectivity index (χ0n) is 14.2. The molecular weight excluding hydrogens is 360 g/mol. The van der Waals surface area contributed by atoms with Crippen molar-refractivity contribution in [3.05, 3.63) is 83.0 Å². The van der Waals surface area contributed by atoms with Gasteiger partial charge in [-0.25, -0.2) is 4.98 Å². The van der Waals surface area contributed by atoms with Crippen molar-refractivity contribution in [3.63, 3.8) is 0 Å². The molecule has 6 heteroatoms.